The number of halogens is 3. The minimum Gasteiger partial charge on any atom is -0.442 e. The zero-order valence-corrected chi connectivity index (χ0v) is 15.4. The fourth-order valence-corrected chi connectivity index (χ4v) is 4.05. The smallest absolute Gasteiger partial charge is 0.404 e. The zero-order valence-electron chi connectivity index (χ0n) is 13.1. The monoisotopic (exact) mass is 391 g/mol. The minimum absolute atomic E-state index is 0.00716. The number of benzene rings is 1. The van der Waals surface area contributed by atoms with Gasteiger partial charge in [0.05, 0.1) is 5.69 Å². The molecule has 1 amide bonds. The van der Waals surface area contributed by atoms with E-state index in [0.29, 0.717) is 20.8 Å². The van der Waals surface area contributed by atoms with Gasteiger partial charge in [-0.1, -0.05) is 48.8 Å². The van der Waals surface area contributed by atoms with Gasteiger partial charge in [0.15, 0.2) is 19.2 Å². The standard InChI is InChI=1S/C15H16Cl2FN3O2S/c1-8(2)13-14(24-11-4-9(16)3-10(17)5-11)20-12(21(13)7-18)6-23-15(19)22/h3-5,8H,6-7H2,1-2H3,(H2,19,22). The van der Waals surface area contributed by atoms with Crippen molar-refractivity contribution in [3.8, 4) is 0 Å². The summed E-state index contributed by atoms with van der Waals surface area (Å²) in [5, 5.41) is 1.60. The number of primary amides is 1. The zero-order chi connectivity index (χ0) is 17.9. The summed E-state index contributed by atoms with van der Waals surface area (Å²) < 4.78 is 19.6. The summed E-state index contributed by atoms with van der Waals surface area (Å²) in [6.45, 7) is 2.87. The molecule has 2 N–H and O–H groups in total. The molecule has 2 aromatic rings. The van der Waals surface area contributed by atoms with Crippen molar-refractivity contribution in [1.29, 1.82) is 0 Å². The van der Waals surface area contributed by atoms with Crippen LogP contribution in [0.4, 0.5) is 9.18 Å². The fraction of sp³-hybridized carbons (Fsp3) is 0.333. The second-order valence-corrected chi connectivity index (χ2v) is 7.17. The number of imidazole rings is 1. The van der Waals surface area contributed by atoms with Crippen LogP contribution in [0, 0.1) is 0 Å². The molecule has 2 rings (SSSR count). The molecule has 1 heterocycles. The average molecular weight is 392 g/mol. The quantitative estimate of drug-likeness (QED) is 0.752. The Morgan fingerprint density at radius 3 is 2.50 bits per heavy atom. The molecule has 0 aliphatic rings. The number of aromatic nitrogens is 2. The third-order valence-electron chi connectivity index (χ3n) is 3.11. The van der Waals surface area contributed by atoms with E-state index < -0.39 is 12.9 Å². The average Bonchev–Trinajstić information content (AvgIpc) is 2.81. The predicted octanol–water partition coefficient (Wildman–Crippen LogP) is 4.99. The van der Waals surface area contributed by atoms with Crippen LogP contribution in [0.15, 0.2) is 28.1 Å². The van der Waals surface area contributed by atoms with E-state index in [1.807, 2.05) is 13.8 Å². The predicted molar refractivity (Wildman–Crippen MR) is 92.4 cm³/mol. The summed E-state index contributed by atoms with van der Waals surface area (Å²) in [5.41, 5.74) is 5.66. The molecule has 24 heavy (non-hydrogen) atoms. The molecular formula is C15H16Cl2FN3O2S. The third-order valence-corrected chi connectivity index (χ3v) is 4.51. The molecule has 0 saturated heterocycles. The van der Waals surface area contributed by atoms with Crippen molar-refractivity contribution in [2.75, 3.05) is 0 Å². The highest BCUT2D eigenvalue weighted by molar-refractivity contribution is 7.99. The van der Waals surface area contributed by atoms with Crippen molar-refractivity contribution in [3.05, 3.63) is 39.8 Å². The maximum absolute atomic E-state index is 13.5. The lowest BCUT2D eigenvalue weighted by Crippen LogP contribution is -2.15. The molecule has 5 nitrogen and oxygen atoms in total. The Labute approximate surface area is 153 Å². The van der Waals surface area contributed by atoms with Gasteiger partial charge in [0.25, 0.3) is 0 Å². The highest BCUT2D eigenvalue weighted by atomic mass is 35.5. The number of alkyl halides is 1. The maximum atomic E-state index is 13.5. The van der Waals surface area contributed by atoms with Crippen molar-refractivity contribution in [1.82, 2.24) is 9.55 Å². The summed E-state index contributed by atoms with van der Waals surface area (Å²) in [4.78, 5) is 16.0. The van der Waals surface area contributed by atoms with Crippen LogP contribution in [0.25, 0.3) is 0 Å². The molecule has 1 aromatic carbocycles. The molecule has 130 valence electrons. The van der Waals surface area contributed by atoms with Crippen LogP contribution in [-0.2, 0) is 18.1 Å². The lowest BCUT2D eigenvalue weighted by atomic mass is 10.1. The van der Waals surface area contributed by atoms with E-state index >= 15 is 0 Å². The second kappa shape index (κ2) is 8.09. The number of carbonyl (C=O) groups is 1. The van der Waals surface area contributed by atoms with Gasteiger partial charge < -0.3 is 10.5 Å². The van der Waals surface area contributed by atoms with E-state index in [0.717, 1.165) is 4.90 Å². The van der Waals surface area contributed by atoms with Gasteiger partial charge in [-0.15, -0.1) is 0 Å². The van der Waals surface area contributed by atoms with Crippen LogP contribution in [0.3, 0.4) is 0 Å². The number of rotatable bonds is 6. The van der Waals surface area contributed by atoms with Gasteiger partial charge in [-0.2, -0.15) is 0 Å². The summed E-state index contributed by atoms with van der Waals surface area (Å²) in [6, 6.07) is 5.12. The Balaban J connectivity index is 2.41. The SMILES string of the molecule is CC(C)c1c(Sc2cc(Cl)cc(Cl)c2)nc(COC(N)=O)n1CF. The lowest BCUT2D eigenvalue weighted by molar-refractivity contribution is 0.144. The summed E-state index contributed by atoms with van der Waals surface area (Å²) >= 11 is 13.3. The molecule has 0 unspecified atom stereocenters. The molecule has 0 bridgehead atoms. The molecule has 1 aromatic heterocycles. The van der Waals surface area contributed by atoms with E-state index in [2.05, 4.69) is 4.98 Å². The van der Waals surface area contributed by atoms with E-state index in [-0.39, 0.29) is 18.3 Å². The van der Waals surface area contributed by atoms with Crippen LogP contribution in [0.5, 0.6) is 0 Å². The summed E-state index contributed by atoms with van der Waals surface area (Å²) in [6.07, 6.45) is -0.940. The van der Waals surface area contributed by atoms with E-state index in [1.54, 1.807) is 18.2 Å². The van der Waals surface area contributed by atoms with Crippen LogP contribution in [0.1, 0.15) is 31.3 Å². The van der Waals surface area contributed by atoms with Gasteiger partial charge in [-0.3, -0.25) is 4.57 Å². The van der Waals surface area contributed by atoms with Crippen LogP contribution in [0.2, 0.25) is 10.0 Å². The Bertz CT molecular complexity index is 732. The molecule has 0 radical (unpaired) electrons. The van der Waals surface area contributed by atoms with Crippen LogP contribution >= 0.6 is 35.0 Å². The van der Waals surface area contributed by atoms with Gasteiger partial charge in [-0.25, -0.2) is 14.2 Å². The number of hydrogen-bond acceptors (Lipinski definition) is 4. The van der Waals surface area contributed by atoms with Crippen molar-refractivity contribution in [2.45, 2.75) is 43.1 Å². The number of amides is 1. The van der Waals surface area contributed by atoms with Crippen molar-refractivity contribution in [3.63, 3.8) is 0 Å². The largest absolute Gasteiger partial charge is 0.442 e. The molecule has 0 atom stereocenters. The highest BCUT2D eigenvalue weighted by Crippen LogP contribution is 2.36. The van der Waals surface area contributed by atoms with Crippen molar-refractivity contribution in [2.24, 2.45) is 5.73 Å². The first-order chi connectivity index (χ1) is 11.3. The Morgan fingerprint density at radius 2 is 2.00 bits per heavy atom. The summed E-state index contributed by atoms with van der Waals surface area (Å²) in [7, 11) is 0. The van der Waals surface area contributed by atoms with Gasteiger partial charge in [0.2, 0.25) is 0 Å². The van der Waals surface area contributed by atoms with Gasteiger partial charge in [0, 0.05) is 14.9 Å². The van der Waals surface area contributed by atoms with E-state index in [4.69, 9.17) is 33.7 Å². The molecule has 0 saturated carbocycles. The maximum Gasteiger partial charge on any atom is 0.404 e. The first-order valence-corrected chi connectivity index (χ1v) is 8.60. The Morgan fingerprint density at radius 1 is 1.38 bits per heavy atom. The molecule has 9 heteroatoms. The second-order valence-electron chi connectivity index (χ2n) is 5.24. The molecule has 0 aliphatic heterocycles. The normalized spacial score (nSPS) is 11.1. The lowest BCUT2D eigenvalue weighted by Gasteiger charge is -2.11. The van der Waals surface area contributed by atoms with Gasteiger partial charge in [-0.05, 0) is 24.1 Å². The molecule has 0 aliphatic carbocycles. The fourth-order valence-electron chi connectivity index (χ4n) is 2.20. The van der Waals surface area contributed by atoms with E-state index in [1.165, 1.54) is 16.3 Å². The van der Waals surface area contributed by atoms with Crippen LogP contribution in [-0.4, -0.2) is 15.6 Å². The van der Waals surface area contributed by atoms with E-state index in [9.17, 15) is 9.18 Å². The number of carbonyl (C=O) groups excluding carboxylic acids is 1. The number of nitrogens with two attached hydrogens (primary N) is 1. The minimum atomic E-state index is -0.940. The summed E-state index contributed by atoms with van der Waals surface area (Å²) in [5.74, 6) is 0.295. The molecule has 0 fully saturated rings. The molecular weight excluding hydrogens is 376 g/mol. The van der Waals surface area contributed by atoms with Gasteiger partial charge in [0.1, 0.15) is 5.03 Å². The number of hydrogen-bond donors (Lipinski definition) is 1. The highest BCUT2D eigenvalue weighted by Gasteiger charge is 2.21. The van der Waals surface area contributed by atoms with Crippen LogP contribution < -0.4 is 5.73 Å². The van der Waals surface area contributed by atoms with Crippen molar-refractivity contribution < 1.29 is 13.9 Å². The number of nitrogens with zero attached hydrogens (tertiary/aromatic N) is 2. The Kier molecular flexibility index (Phi) is 6.37. The molecule has 0 spiro atoms. The number of ether oxygens (including phenoxy) is 1. The van der Waals surface area contributed by atoms with Gasteiger partial charge >= 0.3 is 6.09 Å². The van der Waals surface area contributed by atoms with Crippen molar-refractivity contribution >= 4 is 41.1 Å². The Hall–Kier alpha value is -1.44. The topological polar surface area (TPSA) is 70.1 Å². The third kappa shape index (κ3) is 4.55. The first kappa shape index (κ1) is 18.9. The first-order valence-electron chi connectivity index (χ1n) is 7.03.